The Kier molecular flexibility index (Phi) is 3.05. The van der Waals surface area contributed by atoms with Crippen LogP contribution in [-0.2, 0) is 0 Å². The molecule has 4 aromatic rings. The van der Waals surface area contributed by atoms with Gasteiger partial charge in [0.2, 0.25) is 0 Å². The van der Waals surface area contributed by atoms with E-state index in [0.29, 0.717) is 6.04 Å². The molecule has 3 nitrogen and oxygen atoms in total. The lowest BCUT2D eigenvalue weighted by Gasteiger charge is -2.26. The quantitative estimate of drug-likeness (QED) is 0.501. The summed E-state index contributed by atoms with van der Waals surface area (Å²) in [7, 11) is 0. The van der Waals surface area contributed by atoms with Gasteiger partial charge >= 0.3 is 0 Å². The SMILES string of the molecule is c1cc2c(ncc3cc(-c4ccsc4)n(C4CCCCC4)c32)[nH]1. The summed E-state index contributed by atoms with van der Waals surface area (Å²) in [4.78, 5) is 7.85. The normalized spacial score (nSPS) is 16.5. The van der Waals surface area contributed by atoms with Crippen molar-refractivity contribution in [3.8, 4) is 11.3 Å². The Balaban J connectivity index is 1.85. The average Bonchev–Trinajstić information content (AvgIpc) is 3.32. The molecule has 0 atom stereocenters. The molecule has 5 rings (SSSR count). The molecule has 116 valence electrons. The zero-order valence-corrected chi connectivity index (χ0v) is 13.8. The number of nitrogens with one attached hydrogen (secondary N) is 1. The van der Waals surface area contributed by atoms with Crippen LogP contribution in [0.3, 0.4) is 0 Å². The number of pyridine rings is 1. The number of aromatic amines is 1. The summed E-state index contributed by atoms with van der Waals surface area (Å²) in [6.07, 6.45) is 10.7. The minimum atomic E-state index is 0.608. The van der Waals surface area contributed by atoms with Crippen LogP contribution in [0.15, 0.2) is 41.4 Å². The lowest BCUT2D eigenvalue weighted by Crippen LogP contribution is -2.13. The summed E-state index contributed by atoms with van der Waals surface area (Å²) in [6.45, 7) is 0. The molecule has 1 aliphatic carbocycles. The van der Waals surface area contributed by atoms with Crippen molar-refractivity contribution < 1.29 is 0 Å². The summed E-state index contributed by atoms with van der Waals surface area (Å²) in [5, 5.41) is 6.93. The van der Waals surface area contributed by atoms with E-state index in [1.54, 1.807) is 11.3 Å². The Morgan fingerprint density at radius 3 is 2.91 bits per heavy atom. The Labute approximate surface area is 139 Å². The number of hydrogen-bond donors (Lipinski definition) is 1. The largest absolute Gasteiger partial charge is 0.346 e. The molecule has 4 heterocycles. The second kappa shape index (κ2) is 5.24. The van der Waals surface area contributed by atoms with E-state index >= 15 is 0 Å². The third kappa shape index (κ3) is 2.05. The zero-order chi connectivity index (χ0) is 15.2. The van der Waals surface area contributed by atoms with Crippen LogP contribution >= 0.6 is 11.3 Å². The number of aromatic nitrogens is 3. The van der Waals surface area contributed by atoms with Gasteiger partial charge in [0.25, 0.3) is 0 Å². The predicted octanol–water partition coefficient (Wildman–Crippen LogP) is 5.75. The van der Waals surface area contributed by atoms with Gasteiger partial charge in [0.15, 0.2) is 0 Å². The maximum atomic E-state index is 4.58. The van der Waals surface area contributed by atoms with Crippen molar-refractivity contribution in [3.63, 3.8) is 0 Å². The monoisotopic (exact) mass is 321 g/mol. The summed E-state index contributed by atoms with van der Waals surface area (Å²) >= 11 is 1.77. The molecular formula is C19H19N3S. The van der Waals surface area contributed by atoms with E-state index in [1.807, 2.05) is 12.4 Å². The number of fused-ring (bicyclic) bond motifs is 3. The van der Waals surface area contributed by atoms with E-state index in [0.717, 1.165) is 5.65 Å². The van der Waals surface area contributed by atoms with Gasteiger partial charge in [-0.05, 0) is 36.4 Å². The molecular weight excluding hydrogens is 302 g/mol. The maximum Gasteiger partial charge on any atom is 0.139 e. The highest BCUT2D eigenvalue weighted by atomic mass is 32.1. The number of nitrogens with zero attached hydrogens (tertiary/aromatic N) is 2. The van der Waals surface area contributed by atoms with Crippen molar-refractivity contribution in [3.05, 3.63) is 41.4 Å². The Hall–Kier alpha value is -2.07. The van der Waals surface area contributed by atoms with Gasteiger partial charge in [0.05, 0.1) is 11.2 Å². The standard InChI is InChI=1S/C19H19N3S/c1-2-4-15(5-3-1)22-17(13-7-9-23-12-13)10-14-11-21-19-16(18(14)22)6-8-20-19/h6-12,15H,1-5H2,(H,20,21). The van der Waals surface area contributed by atoms with Crippen molar-refractivity contribution in [2.45, 2.75) is 38.1 Å². The van der Waals surface area contributed by atoms with E-state index in [-0.39, 0.29) is 0 Å². The summed E-state index contributed by atoms with van der Waals surface area (Å²) in [6, 6.07) is 7.34. The highest BCUT2D eigenvalue weighted by Crippen LogP contribution is 2.39. The van der Waals surface area contributed by atoms with Gasteiger partial charge in [-0.25, -0.2) is 4.98 Å². The Bertz CT molecular complexity index is 955. The highest BCUT2D eigenvalue weighted by molar-refractivity contribution is 7.08. The van der Waals surface area contributed by atoms with Gasteiger partial charge in [-0.3, -0.25) is 0 Å². The first-order chi connectivity index (χ1) is 11.4. The summed E-state index contributed by atoms with van der Waals surface area (Å²) < 4.78 is 2.61. The van der Waals surface area contributed by atoms with Crippen LogP contribution in [0.1, 0.15) is 38.1 Å². The lowest BCUT2D eigenvalue weighted by molar-refractivity contribution is 0.363. The second-order valence-corrected chi connectivity index (χ2v) is 7.29. The first kappa shape index (κ1) is 13.4. The maximum absolute atomic E-state index is 4.58. The van der Waals surface area contributed by atoms with E-state index in [1.165, 1.54) is 59.7 Å². The fraction of sp³-hybridized carbons (Fsp3) is 0.316. The predicted molar refractivity (Wildman–Crippen MR) is 97.0 cm³/mol. The van der Waals surface area contributed by atoms with Gasteiger partial charge < -0.3 is 9.55 Å². The minimum Gasteiger partial charge on any atom is -0.346 e. The Morgan fingerprint density at radius 1 is 1.17 bits per heavy atom. The molecule has 1 aliphatic rings. The number of thiophene rings is 1. The molecule has 1 N–H and O–H groups in total. The molecule has 4 aromatic heterocycles. The second-order valence-electron chi connectivity index (χ2n) is 6.51. The van der Waals surface area contributed by atoms with Crippen LogP contribution in [0, 0.1) is 0 Å². The van der Waals surface area contributed by atoms with E-state index in [4.69, 9.17) is 0 Å². The van der Waals surface area contributed by atoms with Gasteiger partial charge in [-0.2, -0.15) is 11.3 Å². The van der Waals surface area contributed by atoms with Gasteiger partial charge in [0, 0.05) is 40.2 Å². The molecule has 1 saturated carbocycles. The third-order valence-electron chi connectivity index (χ3n) is 5.14. The molecule has 23 heavy (non-hydrogen) atoms. The Morgan fingerprint density at radius 2 is 2.09 bits per heavy atom. The van der Waals surface area contributed by atoms with Crippen LogP contribution < -0.4 is 0 Å². The van der Waals surface area contributed by atoms with E-state index in [2.05, 4.69) is 43.5 Å². The van der Waals surface area contributed by atoms with Gasteiger partial charge in [0.1, 0.15) is 5.65 Å². The third-order valence-corrected chi connectivity index (χ3v) is 5.82. The molecule has 0 amide bonds. The van der Waals surface area contributed by atoms with Gasteiger partial charge in [-0.15, -0.1) is 0 Å². The minimum absolute atomic E-state index is 0.608. The molecule has 0 unspecified atom stereocenters. The summed E-state index contributed by atoms with van der Waals surface area (Å²) in [5.41, 5.74) is 5.03. The topological polar surface area (TPSA) is 33.6 Å². The molecule has 0 spiro atoms. The van der Waals surface area contributed by atoms with Crippen LogP contribution in [0.5, 0.6) is 0 Å². The van der Waals surface area contributed by atoms with E-state index in [9.17, 15) is 0 Å². The number of hydrogen-bond acceptors (Lipinski definition) is 2. The van der Waals surface area contributed by atoms with Crippen molar-refractivity contribution in [1.29, 1.82) is 0 Å². The van der Waals surface area contributed by atoms with Crippen LogP contribution in [0.4, 0.5) is 0 Å². The number of H-pyrrole nitrogens is 1. The average molecular weight is 321 g/mol. The molecule has 0 aliphatic heterocycles. The van der Waals surface area contributed by atoms with Crippen molar-refractivity contribution in [2.75, 3.05) is 0 Å². The summed E-state index contributed by atoms with van der Waals surface area (Å²) in [5.74, 6) is 0. The molecule has 4 heteroatoms. The molecule has 0 radical (unpaired) electrons. The fourth-order valence-corrected chi connectivity index (χ4v) is 4.72. The lowest BCUT2D eigenvalue weighted by atomic mass is 9.94. The molecule has 1 fully saturated rings. The van der Waals surface area contributed by atoms with Crippen molar-refractivity contribution >= 4 is 33.3 Å². The van der Waals surface area contributed by atoms with Crippen LogP contribution in [0.25, 0.3) is 33.2 Å². The molecule has 0 saturated heterocycles. The first-order valence-electron chi connectivity index (χ1n) is 8.41. The van der Waals surface area contributed by atoms with Crippen molar-refractivity contribution in [1.82, 2.24) is 14.5 Å². The van der Waals surface area contributed by atoms with Crippen molar-refractivity contribution in [2.24, 2.45) is 0 Å². The van der Waals surface area contributed by atoms with E-state index < -0.39 is 0 Å². The molecule has 0 bridgehead atoms. The van der Waals surface area contributed by atoms with Crippen LogP contribution in [0.2, 0.25) is 0 Å². The smallest absolute Gasteiger partial charge is 0.139 e. The highest BCUT2D eigenvalue weighted by Gasteiger charge is 2.22. The zero-order valence-electron chi connectivity index (χ0n) is 13.0. The molecule has 0 aromatic carbocycles. The number of rotatable bonds is 2. The van der Waals surface area contributed by atoms with Gasteiger partial charge in [-0.1, -0.05) is 19.3 Å². The fourth-order valence-electron chi connectivity index (χ4n) is 4.07. The van der Waals surface area contributed by atoms with Crippen LogP contribution in [-0.4, -0.2) is 14.5 Å². The first-order valence-corrected chi connectivity index (χ1v) is 9.36.